The first-order chi connectivity index (χ1) is 17.4. The van der Waals surface area contributed by atoms with Crippen molar-refractivity contribution in [3.8, 4) is 33.8 Å². The van der Waals surface area contributed by atoms with Crippen LogP contribution in [0.5, 0.6) is 11.5 Å². The van der Waals surface area contributed by atoms with Crippen molar-refractivity contribution in [3.63, 3.8) is 0 Å². The van der Waals surface area contributed by atoms with E-state index in [1.165, 1.54) is 16.7 Å². The Hall–Kier alpha value is -4.30. The number of phenols is 2. The second kappa shape index (κ2) is 9.39. The zero-order valence-electron chi connectivity index (χ0n) is 20.9. The third-order valence-electron chi connectivity index (χ3n) is 7.46. The van der Waals surface area contributed by atoms with E-state index in [0.717, 1.165) is 33.4 Å². The molecule has 0 aliphatic heterocycles. The number of aromatic hydroxyl groups is 2. The lowest BCUT2D eigenvalue weighted by atomic mass is 9.68. The third-order valence-corrected chi connectivity index (χ3v) is 7.46. The van der Waals surface area contributed by atoms with Crippen LogP contribution < -0.4 is 0 Å². The molecule has 36 heavy (non-hydrogen) atoms. The van der Waals surface area contributed by atoms with E-state index >= 15 is 0 Å². The van der Waals surface area contributed by atoms with E-state index in [4.69, 9.17) is 0 Å². The predicted octanol–water partition coefficient (Wildman–Crippen LogP) is 8.40. The Morgan fingerprint density at radius 3 is 1.47 bits per heavy atom. The Kier molecular flexibility index (Phi) is 6.12. The van der Waals surface area contributed by atoms with Crippen LogP contribution >= 0.6 is 0 Å². The maximum absolute atomic E-state index is 10.8. The standard InChI is InChI=1S/C34H30O2/c1-23-11-10-16-31(24(23)2)34(3,27-17-19-32(35)29(21-27)25-12-6-4-7-13-25)28-18-20-33(36)30(22-28)26-14-8-5-9-15-26/h4-22,35-36H,1-3H3. The van der Waals surface area contributed by atoms with E-state index in [0.29, 0.717) is 0 Å². The van der Waals surface area contributed by atoms with Gasteiger partial charge in [-0.1, -0.05) is 91.0 Å². The zero-order valence-corrected chi connectivity index (χ0v) is 20.9. The zero-order chi connectivity index (χ0) is 25.3. The summed E-state index contributed by atoms with van der Waals surface area (Å²) in [7, 11) is 0. The molecule has 0 bridgehead atoms. The second-order valence-corrected chi connectivity index (χ2v) is 9.57. The van der Waals surface area contributed by atoms with Gasteiger partial charge in [0.1, 0.15) is 11.5 Å². The number of benzene rings is 5. The highest BCUT2D eigenvalue weighted by atomic mass is 16.3. The Bertz CT molecular complexity index is 1430. The number of hydrogen-bond donors (Lipinski definition) is 2. The van der Waals surface area contributed by atoms with Gasteiger partial charge >= 0.3 is 0 Å². The summed E-state index contributed by atoms with van der Waals surface area (Å²) >= 11 is 0. The van der Waals surface area contributed by atoms with Crippen LogP contribution in [0.4, 0.5) is 0 Å². The quantitative estimate of drug-likeness (QED) is 0.253. The molecule has 0 amide bonds. The van der Waals surface area contributed by atoms with Crippen LogP contribution in [0.2, 0.25) is 0 Å². The van der Waals surface area contributed by atoms with Crippen molar-refractivity contribution >= 4 is 0 Å². The molecule has 0 atom stereocenters. The van der Waals surface area contributed by atoms with Crippen molar-refractivity contribution in [2.45, 2.75) is 26.2 Å². The highest BCUT2D eigenvalue weighted by molar-refractivity contribution is 5.74. The van der Waals surface area contributed by atoms with Crippen molar-refractivity contribution in [2.75, 3.05) is 0 Å². The molecule has 0 aliphatic rings. The third kappa shape index (κ3) is 4.05. The van der Waals surface area contributed by atoms with Crippen molar-refractivity contribution in [2.24, 2.45) is 0 Å². The Balaban J connectivity index is 1.79. The summed E-state index contributed by atoms with van der Waals surface area (Å²) in [4.78, 5) is 0. The van der Waals surface area contributed by atoms with Gasteiger partial charge in [0.25, 0.3) is 0 Å². The lowest BCUT2D eigenvalue weighted by Crippen LogP contribution is -2.27. The van der Waals surface area contributed by atoms with E-state index in [-0.39, 0.29) is 11.5 Å². The van der Waals surface area contributed by atoms with E-state index in [1.54, 1.807) is 12.1 Å². The fraction of sp³-hybridized carbons (Fsp3) is 0.118. The van der Waals surface area contributed by atoms with Gasteiger partial charge in [-0.2, -0.15) is 0 Å². The highest BCUT2D eigenvalue weighted by Gasteiger charge is 2.34. The van der Waals surface area contributed by atoms with Crippen LogP contribution in [-0.2, 0) is 5.41 Å². The van der Waals surface area contributed by atoms with Gasteiger partial charge in [-0.3, -0.25) is 0 Å². The van der Waals surface area contributed by atoms with Crippen LogP contribution in [-0.4, -0.2) is 10.2 Å². The lowest BCUT2D eigenvalue weighted by molar-refractivity contribution is 0.476. The molecular weight excluding hydrogens is 440 g/mol. The van der Waals surface area contributed by atoms with Gasteiger partial charge in [0.05, 0.1) is 0 Å². The molecule has 5 aromatic rings. The fourth-order valence-electron chi connectivity index (χ4n) is 5.16. The van der Waals surface area contributed by atoms with Gasteiger partial charge in [-0.25, -0.2) is 0 Å². The summed E-state index contributed by atoms with van der Waals surface area (Å²) in [6.07, 6.45) is 0. The molecule has 5 aromatic carbocycles. The Morgan fingerprint density at radius 2 is 1.00 bits per heavy atom. The maximum atomic E-state index is 10.8. The van der Waals surface area contributed by atoms with Crippen molar-refractivity contribution in [3.05, 3.63) is 143 Å². The van der Waals surface area contributed by atoms with E-state index in [1.807, 2.05) is 72.8 Å². The van der Waals surface area contributed by atoms with Gasteiger partial charge in [0, 0.05) is 16.5 Å². The van der Waals surface area contributed by atoms with Crippen LogP contribution in [0.3, 0.4) is 0 Å². The van der Waals surface area contributed by atoms with Crippen LogP contribution in [0, 0.1) is 13.8 Å². The molecule has 0 radical (unpaired) electrons. The molecule has 0 saturated carbocycles. The average Bonchev–Trinajstić information content (AvgIpc) is 2.91. The Morgan fingerprint density at radius 1 is 0.528 bits per heavy atom. The van der Waals surface area contributed by atoms with Gasteiger partial charge in [-0.15, -0.1) is 0 Å². The van der Waals surface area contributed by atoms with Crippen LogP contribution in [0.25, 0.3) is 22.3 Å². The normalized spacial score (nSPS) is 11.4. The smallest absolute Gasteiger partial charge is 0.123 e. The SMILES string of the molecule is Cc1cccc(C(C)(c2ccc(O)c(-c3ccccc3)c2)c2ccc(O)c(-c3ccccc3)c2)c1C. The molecule has 0 saturated heterocycles. The van der Waals surface area contributed by atoms with Crippen molar-refractivity contribution in [1.29, 1.82) is 0 Å². The molecule has 2 nitrogen and oxygen atoms in total. The molecule has 0 spiro atoms. The molecule has 0 unspecified atom stereocenters. The number of aryl methyl sites for hydroxylation is 1. The molecule has 0 heterocycles. The summed E-state index contributed by atoms with van der Waals surface area (Å²) < 4.78 is 0. The molecule has 0 aliphatic carbocycles. The first kappa shape index (κ1) is 23.4. The number of phenolic OH excluding ortho intramolecular Hbond substituents is 2. The predicted molar refractivity (Wildman–Crippen MR) is 149 cm³/mol. The van der Waals surface area contributed by atoms with Crippen LogP contribution in [0.15, 0.2) is 115 Å². The lowest BCUT2D eigenvalue weighted by Gasteiger charge is -2.34. The summed E-state index contributed by atoms with van der Waals surface area (Å²) in [6.45, 7) is 6.54. The topological polar surface area (TPSA) is 40.5 Å². The summed E-state index contributed by atoms with van der Waals surface area (Å²) in [5.74, 6) is 0.507. The van der Waals surface area contributed by atoms with Gasteiger partial charge in [-0.05, 0) is 84.0 Å². The number of hydrogen-bond acceptors (Lipinski definition) is 2. The molecule has 5 rings (SSSR count). The van der Waals surface area contributed by atoms with Gasteiger partial charge in [0.15, 0.2) is 0 Å². The fourth-order valence-corrected chi connectivity index (χ4v) is 5.16. The first-order valence-corrected chi connectivity index (χ1v) is 12.2. The summed E-state index contributed by atoms with van der Waals surface area (Å²) in [5, 5.41) is 21.6. The Labute approximate surface area is 213 Å². The minimum atomic E-state index is -0.537. The minimum Gasteiger partial charge on any atom is -0.507 e. The van der Waals surface area contributed by atoms with Gasteiger partial charge in [0.2, 0.25) is 0 Å². The van der Waals surface area contributed by atoms with Crippen LogP contribution in [0.1, 0.15) is 34.7 Å². The van der Waals surface area contributed by atoms with Crippen molar-refractivity contribution in [1.82, 2.24) is 0 Å². The molecule has 2 heteroatoms. The van der Waals surface area contributed by atoms with Gasteiger partial charge < -0.3 is 10.2 Å². The minimum absolute atomic E-state index is 0.254. The molecule has 0 aromatic heterocycles. The van der Waals surface area contributed by atoms with Crippen molar-refractivity contribution < 1.29 is 10.2 Å². The summed E-state index contributed by atoms with van der Waals surface area (Å²) in [6, 6.07) is 38.2. The van der Waals surface area contributed by atoms with E-state index < -0.39 is 5.41 Å². The molecule has 0 fully saturated rings. The molecule has 178 valence electrons. The maximum Gasteiger partial charge on any atom is 0.123 e. The highest BCUT2D eigenvalue weighted by Crippen LogP contribution is 2.45. The van der Waals surface area contributed by atoms with E-state index in [9.17, 15) is 10.2 Å². The largest absolute Gasteiger partial charge is 0.507 e. The van der Waals surface area contributed by atoms with E-state index in [2.05, 4.69) is 51.1 Å². The summed E-state index contributed by atoms with van der Waals surface area (Å²) in [5.41, 5.74) is 8.77. The average molecular weight is 471 g/mol. The number of rotatable bonds is 5. The first-order valence-electron chi connectivity index (χ1n) is 12.2. The molecule has 2 N–H and O–H groups in total. The molecular formula is C34H30O2. The monoisotopic (exact) mass is 470 g/mol. The second-order valence-electron chi connectivity index (χ2n) is 9.57.